The fraction of sp³-hybridized carbons (Fsp3) is 0.750. The average Bonchev–Trinajstić information content (AvgIpc) is 3.62. The highest BCUT2D eigenvalue weighted by atomic mass is 16.5. The molecule has 1 heterocycles. The molecule has 0 aromatic heterocycles. The number of aliphatic hydroxyl groups excluding tert-OH is 1. The molecule has 10 atom stereocenters. The van der Waals surface area contributed by atoms with E-state index < -0.39 is 48.4 Å². The third-order valence-corrected chi connectivity index (χ3v) is 11.3. The van der Waals surface area contributed by atoms with Crippen LogP contribution >= 0.6 is 0 Å². The van der Waals surface area contributed by atoms with Gasteiger partial charge in [-0.05, 0) is 50.1 Å². The third kappa shape index (κ3) is 11.0. The quantitative estimate of drug-likeness (QED) is 0.184. The lowest BCUT2D eigenvalue weighted by atomic mass is 9.89. The lowest BCUT2D eigenvalue weighted by Crippen LogP contribution is -2.59. The molecule has 0 bridgehead atoms. The zero-order valence-electron chi connectivity index (χ0n) is 34.1. The van der Waals surface area contributed by atoms with Crippen LogP contribution in [0.25, 0.3) is 0 Å². The molecule has 296 valence electrons. The van der Waals surface area contributed by atoms with E-state index in [-0.39, 0.29) is 53.8 Å². The lowest BCUT2D eigenvalue weighted by molar-refractivity contribution is -0.150. The number of methoxy groups -OCH3 is 2. The maximum absolute atomic E-state index is 14.2. The number of likely N-dealkylation sites (tertiary alicyclic amines) is 1. The molecular weight excluding hydrogens is 662 g/mol. The smallest absolute Gasteiger partial charge is 0.245 e. The number of hydrogen-bond donors (Lipinski definition) is 3. The van der Waals surface area contributed by atoms with Gasteiger partial charge in [0.2, 0.25) is 23.6 Å². The van der Waals surface area contributed by atoms with E-state index in [0.717, 1.165) is 18.4 Å². The number of carbonyl (C=O) groups is 4. The van der Waals surface area contributed by atoms with Gasteiger partial charge in [-0.25, -0.2) is 0 Å². The Hall–Kier alpha value is -3.06. The van der Waals surface area contributed by atoms with Crippen molar-refractivity contribution in [3.63, 3.8) is 0 Å². The van der Waals surface area contributed by atoms with Gasteiger partial charge in [-0.15, -0.1) is 0 Å². The van der Waals surface area contributed by atoms with Gasteiger partial charge in [-0.3, -0.25) is 19.2 Å². The molecule has 1 fully saturated rings. The summed E-state index contributed by atoms with van der Waals surface area (Å²) in [6, 6.07) is 6.80. The highest BCUT2D eigenvalue weighted by molar-refractivity contribution is 5.90. The Kier molecular flexibility index (Phi) is 18.2. The average molecular weight is 732 g/mol. The normalized spacial score (nSPS) is 20.0. The number of ether oxygens (including phenoxy) is 2. The summed E-state index contributed by atoms with van der Waals surface area (Å²) >= 11 is 0. The molecule has 1 aliphatic heterocycles. The monoisotopic (exact) mass is 732 g/mol. The van der Waals surface area contributed by atoms with Gasteiger partial charge in [-0.1, -0.05) is 85.2 Å². The van der Waals surface area contributed by atoms with Crippen LogP contribution in [0.2, 0.25) is 0 Å². The minimum atomic E-state index is -0.861. The number of nitrogens with zero attached hydrogens (tertiary/aromatic N) is 3. The van der Waals surface area contributed by atoms with E-state index in [1.807, 2.05) is 90.6 Å². The number of benzene rings is 1. The summed E-state index contributed by atoms with van der Waals surface area (Å²) in [7, 11) is 8.29. The van der Waals surface area contributed by atoms with Crippen molar-refractivity contribution < 1.29 is 33.8 Å². The molecule has 2 rings (SSSR count). The van der Waals surface area contributed by atoms with Crippen LogP contribution < -0.4 is 10.6 Å². The highest BCUT2D eigenvalue weighted by Gasteiger charge is 2.44. The summed E-state index contributed by atoms with van der Waals surface area (Å²) in [5.41, 5.74) is 0.729. The maximum Gasteiger partial charge on any atom is 0.245 e. The first-order valence-electron chi connectivity index (χ1n) is 19.1. The Balaban J connectivity index is 2.28. The molecule has 1 aliphatic rings. The largest absolute Gasteiger partial charge is 0.386 e. The minimum absolute atomic E-state index is 0.0153. The second-order valence-electron chi connectivity index (χ2n) is 15.4. The van der Waals surface area contributed by atoms with Crippen molar-refractivity contribution in [2.45, 2.75) is 130 Å². The molecule has 0 unspecified atom stereocenters. The number of amides is 4. The van der Waals surface area contributed by atoms with Crippen molar-refractivity contribution in [3.05, 3.63) is 35.9 Å². The zero-order chi connectivity index (χ0) is 39.4. The first-order chi connectivity index (χ1) is 24.5. The van der Waals surface area contributed by atoms with Gasteiger partial charge < -0.3 is 39.9 Å². The summed E-state index contributed by atoms with van der Waals surface area (Å²) in [6.07, 6.45) is 0.173. The molecule has 12 heteroatoms. The minimum Gasteiger partial charge on any atom is -0.386 e. The molecule has 0 radical (unpaired) electrons. The second-order valence-corrected chi connectivity index (χ2v) is 15.4. The molecule has 1 aromatic carbocycles. The summed E-state index contributed by atoms with van der Waals surface area (Å²) < 4.78 is 12.0. The Morgan fingerprint density at radius 3 is 2.00 bits per heavy atom. The molecular formula is C40H69N5O7. The van der Waals surface area contributed by atoms with Crippen LogP contribution in [-0.4, -0.2) is 128 Å². The Bertz CT molecular complexity index is 1280. The van der Waals surface area contributed by atoms with Crippen molar-refractivity contribution in [2.24, 2.45) is 23.7 Å². The van der Waals surface area contributed by atoms with Gasteiger partial charge in [-0.2, -0.15) is 0 Å². The predicted octanol–water partition coefficient (Wildman–Crippen LogP) is 3.87. The fourth-order valence-corrected chi connectivity index (χ4v) is 7.70. The standard InChI is InChI=1S/C40H69N5O7/c1-14-26(6)35(44(11)40(50)34(25(4)5)42-38(48)33(41-9)24(2)3)31(51-12)23-32(46)45-22-18-21-30(45)37(52-13)27(7)39(49)43(10)28(8)36(47)29-19-16-15-17-20-29/h15-17,19-20,24-28,30-31,33-37,41,47H,14,18,21-23H2,1-13H3,(H,42,48)/t26-,27+,28+,30-,31+,33-,34-,35-,36+,37+/m0/s1. The fourth-order valence-electron chi connectivity index (χ4n) is 7.70. The van der Waals surface area contributed by atoms with E-state index in [9.17, 15) is 24.3 Å². The first kappa shape index (κ1) is 45.1. The van der Waals surface area contributed by atoms with Gasteiger partial charge in [0.25, 0.3) is 0 Å². The third-order valence-electron chi connectivity index (χ3n) is 11.3. The number of likely N-dealkylation sites (N-methyl/N-ethyl adjacent to an activating group) is 3. The van der Waals surface area contributed by atoms with E-state index in [2.05, 4.69) is 10.6 Å². The molecule has 1 aromatic rings. The molecule has 4 amide bonds. The van der Waals surface area contributed by atoms with Crippen LogP contribution in [0.3, 0.4) is 0 Å². The lowest BCUT2D eigenvalue weighted by Gasteiger charge is -2.41. The van der Waals surface area contributed by atoms with Crippen LogP contribution in [0.4, 0.5) is 0 Å². The molecule has 0 aliphatic carbocycles. The summed E-state index contributed by atoms with van der Waals surface area (Å²) in [6.45, 7) is 16.0. The SMILES string of the molecule is CC[C@H](C)[C@@H]([C@@H](CC(=O)N1CCC[C@H]1[C@H](OC)[C@@H](C)C(=O)N(C)[C@H](C)[C@@H](O)c1ccccc1)OC)N(C)C(=O)[C@@H](NC(=O)[C@@H](NC)C(C)C)C(C)C. The molecule has 3 N–H and O–H groups in total. The number of hydrogen-bond acceptors (Lipinski definition) is 8. The van der Waals surface area contributed by atoms with Crippen molar-refractivity contribution in [1.29, 1.82) is 0 Å². The number of carbonyl (C=O) groups excluding carboxylic acids is 4. The van der Waals surface area contributed by atoms with Crippen LogP contribution in [0.5, 0.6) is 0 Å². The van der Waals surface area contributed by atoms with Crippen molar-refractivity contribution in [1.82, 2.24) is 25.3 Å². The van der Waals surface area contributed by atoms with Crippen molar-refractivity contribution in [2.75, 3.05) is 41.9 Å². The number of rotatable bonds is 20. The highest BCUT2D eigenvalue weighted by Crippen LogP contribution is 2.31. The van der Waals surface area contributed by atoms with Crippen molar-refractivity contribution >= 4 is 23.6 Å². The summed E-state index contributed by atoms with van der Waals surface area (Å²) in [5, 5.41) is 17.0. The topological polar surface area (TPSA) is 141 Å². The number of nitrogens with one attached hydrogen (secondary N) is 2. The van der Waals surface area contributed by atoms with E-state index in [0.29, 0.717) is 13.0 Å². The first-order valence-corrected chi connectivity index (χ1v) is 19.1. The molecule has 0 spiro atoms. The Morgan fingerprint density at radius 1 is 0.904 bits per heavy atom. The van der Waals surface area contributed by atoms with Crippen LogP contribution in [0.15, 0.2) is 30.3 Å². The summed E-state index contributed by atoms with van der Waals surface area (Å²) in [4.78, 5) is 60.4. The van der Waals surface area contributed by atoms with E-state index in [1.54, 1.807) is 45.2 Å². The van der Waals surface area contributed by atoms with Gasteiger partial charge in [0, 0.05) is 34.9 Å². The van der Waals surface area contributed by atoms with Crippen LogP contribution in [0.1, 0.15) is 92.7 Å². The second kappa shape index (κ2) is 21.0. The van der Waals surface area contributed by atoms with E-state index >= 15 is 0 Å². The molecule has 12 nitrogen and oxygen atoms in total. The Labute approximate surface area is 313 Å². The molecule has 1 saturated heterocycles. The van der Waals surface area contributed by atoms with Gasteiger partial charge in [0.15, 0.2) is 0 Å². The van der Waals surface area contributed by atoms with Crippen LogP contribution in [0, 0.1) is 23.7 Å². The van der Waals surface area contributed by atoms with Gasteiger partial charge >= 0.3 is 0 Å². The van der Waals surface area contributed by atoms with Gasteiger partial charge in [0.1, 0.15) is 6.04 Å². The predicted molar refractivity (Wildman–Crippen MR) is 204 cm³/mol. The van der Waals surface area contributed by atoms with E-state index in [1.165, 1.54) is 0 Å². The number of aliphatic hydroxyl groups is 1. The molecule has 0 saturated carbocycles. The van der Waals surface area contributed by atoms with Crippen LogP contribution in [-0.2, 0) is 28.7 Å². The summed E-state index contributed by atoms with van der Waals surface area (Å²) in [5.74, 6) is -1.52. The van der Waals surface area contributed by atoms with E-state index in [4.69, 9.17) is 9.47 Å². The maximum atomic E-state index is 14.2. The zero-order valence-corrected chi connectivity index (χ0v) is 34.1. The Morgan fingerprint density at radius 2 is 1.50 bits per heavy atom. The van der Waals surface area contributed by atoms with Crippen molar-refractivity contribution in [3.8, 4) is 0 Å². The van der Waals surface area contributed by atoms with Gasteiger partial charge in [0.05, 0.1) is 54.8 Å². The molecule has 52 heavy (non-hydrogen) atoms.